The number of aliphatic hydroxyl groups excluding tert-OH is 1. The maximum absolute atomic E-state index is 13.0. The lowest BCUT2D eigenvalue weighted by Crippen LogP contribution is -2.46. The van der Waals surface area contributed by atoms with Crippen molar-refractivity contribution in [3.05, 3.63) is 65.7 Å². The van der Waals surface area contributed by atoms with Crippen LogP contribution < -0.4 is 4.72 Å². The number of esters is 1. The number of aryl methyl sites for hydroxylation is 1. The molecule has 0 amide bonds. The largest absolute Gasteiger partial charge is 0.464 e. The van der Waals surface area contributed by atoms with Gasteiger partial charge in [-0.25, -0.2) is 8.42 Å². The Morgan fingerprint density at radius 2 is 1.32 bits per heavy atom. The lowest BCUT2D eigenvalue weighted by molar-refractivity contribution is -0.148. The smallest absolute Gasteiger partial charge is 0.327 e. The van der Waals surface area contributed by atoms with Gasteiger partial charge in [0.25, 0.3) is 0 Å². The number of ether oxygens (including phenoxy) is 1. The number of carbonyl (C=O) groups is 1. The normalized spacial score (nSPS) is 13.3. The van der Waals surface area contributed by atoms with E-state index in [0.29, 0.717) is 12.0 Å². The Bertz CT molecular complexity index is 992. The van der Waals surface area contributed by atoms with Crippen LogP contribution in [0, 0.1) is 6.92 Å². The molecule has 2 N–H and O–H groups in total. The lowest BCUT2D eigenvalue weighted by Gasteiger charge is -2.23. The highest BCUT2D eigenvalue weighted by molar-refractivity contribution is 7.89. The van der Waals surface area contributed by atoms with Crippen molar-refractivity contribution in [2.24, 2.45) is 0 Å². The van der Waals surface area contributed by atoms with Crippen molar-refractivity contribution in [1.29, 1.82) is 0 Å². The molecule has 0 bridgehead atoms. The summed E-state index contributed by atoms with van der Waals surface area (Å²) in [5.74, 6) is -0.782. The summed E-state index contributed by atoms with van der Waals surface area (Å²) in [6, 6.07) is 13.4. The number of unbranched alkanes of at least 4 members (excludes halogenated alkanes) is 11. The minimum absolute atomic E-state index is 0.0251. The predicted octanol–water partition coefficient (Wildman–Crippen LogP) is 6.62. The summed E-state index contributed by atoms with van der Waals surface area (Å²) in [5.41, 5.74) is 1.35. The molecular weight excluding hydrogens is 486 g/mol. The van der Waals surface area contributed by atoms with Crippen LogP contribution in [0.5, 0.6) is 0 Å². The minimum Gasteiger partial charge on any atom is -0.464 e. The minimum atomic E-state index is -4.04. The number of hydrogen-bond donors (Lipinski definition) is 2. The van der Waals surface area contributed by atoms with Gasteiger partial charge in [0.15, 0.2) is 0 Å². The molecule has 2 rings (SSSR count). The highest BCUT2D eigenvalue weighted by Crippen LogP contribution is 2.21. The Balaban J connectivity index is 1.81. The van der Waals surface area contributed by atoms with Gasteiger partial charge in [-0.15, -0.1) is 0 Å². The number of aliphatic hydroxyl groups is 1. The number of rotatable bonds is 19. The van der Waals surface area contributed by atoms with Gasteiger partial charge >= 0.3 is 5.97 Å². The summed E-state index contributed by atoms with van der Waals surface area (Å²) in [7, 11) is -4.04. The van der Waals surface area contributed by atoms with E-state index in [1.54, 1.807) is 42.5 Å². The molecule has 206 valence electrons. The van der Waals surface area contributed by atoms with E-state index in [1.165, 1.54) is 69.9 Å². The molecule has 0 saturated heterocycles. The summed E-state index contributed by atoms with van der Waals surface area (Å²) in [6.07, 6.45) is 13.0. The Labute approximate surface area is 223 Å². The standard InChI is InChI=1S/C30H45NO5S/c1-3-4-5-6-7-8-9-10-11-12-13-17-24-36-30(33)28(29(32)26-18-15-14-16-19-26)31-37(34,35)27-22-20-25(2)21-23-27/h14-16,18-23,28-29,31-32H,3-13,17,24H2,1-2H3/t28-,29+/m0/s1. The molecule has 0 aliphatic heterocycles. The average molecular weight is 532 g/mol. The van der Waals surface area contributed by atoms with E-state index in [4.69, 9.17) is 4.74 Å². The topological polar surface area (TPSA) is 92.7 Å². The molecule has 0 unspecified atom stereocenters. The van der Waals surface area contributed by atoms with E-state index in [2.05, 4.69) is 11.6 Å². The monoisotopic (exact) mass is 531 g/mol. The third-order valence-electron chi connectivity index (χ3n) is 6.57. The number of nitrogens with one attached hydrogen (secondary N) is 1. The lowest BCUT2D eigenvalue weighted by atomic mass is 10.0. The van der Waals surface area contributed by atoms with Gasteiger partial charge in [-0.2, -0.15) is 4.72 Å². The van der Waals surface area contributed by atoms with Gasteiger partial charge in [0, 0.05) is 0 Å². The molecule has 2 atom stereocenters. The van der Waals surface area contributed by atoms with Crippen molar-refractivity contribution < 1.29 is 23.1 Å². The third-order valence-corrected chi connectivity index (χ3v) is 8.02. The van der Waals surface area contributed by atoms with Crippen molar-refractivity contribution in [1.82, 2.24) is 4.72 Å². The van der Waals surface area contributed by atoms with E-state index >= 15 is 0 Å². The van der Waals surface area contributed by atoms with Crippen LogP contribution in [0.1, 0.15) is 101 Å². The fourth-order valence-electron chi connectivity index (χ4n) is 4.24. The second-order valence-corrected chi connectivity index (χ2v) is 11.5. The predicted molar refractivity (Wildman–Crippen MR) is 149 cm³/mol. The van der Waals surface area contributed by atoms with E-state index < -0.39 is 28.1 Å². The first-order valence-electron chi connectivity index (χ1n) is 13.8. The Kier molecular flexibility index (Phi) is 14.5. The Morgan fingerprint density at radius 3 is 1.86 bits per heavy atom. The SMILES string of the molecule is CCCCCCCCCCCCCCOC(=O)[C@@H](NS(=O)(=O)c1ccc(C)cc1)[C@H](O)c1ccccc1. The van der Waals surface area contributed by atoms with Gasteiger partial charge in [0.2, 0.25) is 10.0 Å². The van der Waals surface area contributed by atoms with E-state index in [-0.39, 0.29) is 11.5 Å². The molecule has 0 aliphatic rings. The van der Waals surface area contributed by atoms with Crippen molar-refractivity contribution >= 4 is 16.0 Å². The van der Waals surface area contributed by atoms with Crippen LogP contribution in [0.4, 0.5) is 0 Å². The molecule has 2 aromatic carbocycles. The van der Waals surface area contributed by atoms with Crippen LogP contribution in [-0.4, -0.2) is 32.1 Å². The highest BCUT2D eigenvalue weighted by Gasteiger charge is 2.34. The maximum Gasteiger partial charge on any atom is 0.327 e. The molecule has 2 aromatic rings. The molecule has 0 spiro atoms. The third kappa shape index (κ3) is 11.8. The fraction of sp³-hybridized carbons (Fsp3) is 0.567. The van der Waals surface area contributed by atoms with Gasteiger partial charge in [0.05, 0.1) is 11.5 Å². The molecule has 0 aliphatic carbocycles. The van der Waals surface area contributed by atoms with Crippen molar-refractivity contribution in [2.75, 3.05) is 6.61 Å². The van der Waals surface area contributed by atoms with Crippen molar-refractivity contribution in [2.45, 2.75) is 108 Å². The molecule has 7 heteroatoms. The molecule has 0 heterocycles. The Morgan fingerprint density at radius 1 is 0.811 bits per heavy atom. The first-order valence-corrected chi connectivity index (χ1v) is 15.3. The zero-order chi connectivity index (χ0) is 26.9. The van der Waals surface area contributed by atoms with Gasteiger partial charge in [0.1, 0.15) is 12.1 Å². The molecule has 37 heavy (non-hydrogen) atoms. The summed E-state index contributed by atoms with van der Waals surface area (Å²) in [6.45, 7) is 4.29. The molecule has 0 fully saturated rings. The molecule has 0 saturated carbocycles. The highest BCUT2D eigenvalue weighted by atomic mass is 32.2. The first-order chi connectivity index (χ1) is 17.8. The van der Waals surface area contributed by atoms with Gasteiger partial charge in [-0.05, 0) is 31.0 Å². The molecular formula is C30H45NO5S. The summed E-state index contributed by atoms with van der Waals surface area (Å²) < 4.78 is 33.7. The van der Waals surface area contributed by atoms with E-state index in [1.807, 2.05) is 6.92 Å². The fourth-order valence-corrected chi connectivity index (χ4v) is 5.43. The van der Waals surface area contributed by atoms with Crippen LogP contribution in [0.25, 0.3) is 0 Å². The number of sulfonamides is 1. The van der Waals surface area contributed by atoms with Crippen molar-refractivity contribution in [3.8, 4) is 0 Å². The summed E-state index contributed by atoms with van der Waals surface area (Å²) in [4.78, 5) is 12.9. The van der Waals surface area contributed by atoms with E-state index in [9.17, 15) is 18.3 Å². The van der Waals surface area contributed by atoms with Crippen LogP contribution in [0.2, 0.25) is 0 Å². The number of hydrogen-bond acceptors (Lipinski definition) is 5. The van der Waals surface area contributed by atoms with Gasteiger partial charge in [-0.3, -0.25) is 4.79 Å². The van der Waals surface area contributed by atoms with Gasteiger partial charge in [-0.1, -0.05) is 126 Å². The average Bonchev–Trinajstić information content (AvgIpc) is 2.90. The number of benzene rings is 2. The second kappa shape index (κ2) is 17.3. The van der Waals surface area contributed by atoms with Crippen LogP contribution >= 0.6 is 0 Å². The second-order valence-electron chi connectivity index (χ2n) is 9.82. The summed E-state index contributed by atoms with van der Waals surface area (Å²) >= 11 is 0. The number of carbonyl (C=O) groups excluding carboxylic acids is 1. The van der Waals surface area contributed by atoms with Crippen molar-refractivity contribution in [3.63, 3.8) is 0 Å². The Hall–Kier alpha value is -2.22. The molecule has 6 nitrogen and oxygen atoms in total. The maximum atomic E-state index is 13.0. The van der Waals surface area contributed by atoms with Crippen LogP contribution in [0.3, 0.4) is 0 Å². The first kappa shape index (κ1) is 31.0. The quantitative estimate of drug-likeness (QED) is 0.157. The zero-order valence-electron chi connectivity index (χ0n) is 22.5. The van der Waals surface area contributed by atoms with Crippen LogP contribution in [0.15, 0.2) is 59.5 Å². The van der Waals surface area contributed by atoms with Crippen LogP contribution in [-0.2, 0) is 19.6 Å². The zero-order valence-corrected chi connectivity index (χ0v) is 23.3. The van der Waals surface area contributed by atoms with Gasteiger partial charge < -0.3 is 9.84 Å². The van der Waals surface area contributed by atoms with E-state index in [0.717, 1.165) is 18.4 Å². The molecule has 0 aromatic heterocycles. The molecule has 0 radical (unpaired) electrons. The summed E-state index contributed by atoms with van der Waals surface area (Å²) in [5, 5.41) is 10.9.